The van der Waals surface area contributed by atoms with E-state index in [9.17, 15) is 9.59 Å². The summed E-state index contributed by atoms with van der Waals surface area (Å²) >= 11 is 0. The van der Waals surface area contributed by atoms with Gasteiger partial charge in [0.25, 0.3) is 0 Å². The molecule has 0 aromatic heterocycles. The minimum absolute atomic E-state index is 0.202. The molecular formula is C22H37N3O3. The van der Waals surface area contributed by atoms with Gasteiger partial charge in [-0.15, -0.1) is 0 Å². The second kappa shape index (κ2) is 9.12. The van der Waals surface area contributed by atoms with E-state index in [2.05, 4.69) is 9.80 Å². The number of carbonyl (C=O) groups excluding carboxylic acids is 2. The molecule has 0 aromatic rings. The summed E-state index contributed by atoms with van der Waals surface area (Å²) in [5.41, 5.74) is 0.202. The van der Waals surface area contributed by atoms with Crippen LogP contribution in [-0.2, 0) is 14.3 Å². The summed E-state index contributed by atoms with van der Waals surface area (Å²) in [6.07, 6.45) is 9.69. The lowest BCUT2D eigenvalue weighted by Gasteiger charge is -2.48. The first kappa shape index (κ1) is 20.1. The van der Waals surface area contributed by atoms with Crippen LogP contribution in [0.15, 0.2) is 0 Å². The number of hydrogen-bond donors (Lipinski definition) is 0. The smallest absolute Gasteiger partial charge is 0.236 e. The highest BCUT2D eigenvalue weighted by Gasteiger charge is 2.41. The van der Waals surface area contributed by atoms with Gasteiger partial charge in [-0.25, -0.2) is 0 Å². The minimum atomic E-state index is 0.202. The van der Waals surface area contributed by atoms with Gasteiger partial charge in [-0.1, -0.05) is 0 Å². The number of hydrogen-bond acceptors (Lipinski definition) is 4. The molecule has 4 fully saturated rings. The van der Waals surface area contributed by atoms with Gasteiger partial charge in [0.05, 0.1) is 6.54 Å². The molecule has 1 unspecified atom stereocenters. The Bertz CT molecular complexity index is 553. The predicted molar refractivity (Wildman–Crippen MR) is 108 cm³/mol. The summed E-state index contributed by atoms with van der Waals surface area (Å²) in [5, 5.41) is 0. The summed E-state index contributed by atoms with van der Waals surface area (Å²) in [7, 11) is 0. The van der Waals surface area contributed by atoms with Crippen molar-refractivity contribution in [3.05, 3.63) is 0 Å². The summed E-state index contributed by atoms with van der Waals surface area (Å²) in [5.74, 6) is 1.15. The van der Waals surface area contributed by atoms with E-state index >= 15 is 0 Å². The Kier molecular flexibility index (Phi) is 6.56. The number of nitrogens with zero attached hydrogens (tertiary/aromatic N) is 3. The highest BCUT2D eigenvalue weighted by Crippen LogP contribution is 2.39. The molecule has 0 radical (unpaired) electrons. The van der Waals surface area contributed by atoms with Gasteiger partial charge >= 0.3 is 0 Å². The van der Waals surface area contributed by atoms with Gasteiger partial charge in [-0.05, 0) is 63.8 Å². The lowest BCUT2D eigenvalue weighted by atomic mass is 9.73. The van der Waals surface area contributed by atoms with Crippen LogP contribution in [0.3, 0.4) is 0 Å². The molecule has 4 saturated heterocycles. The molecule has 2 amide bonds. The average molecular weight is 392 g/mol. The van der Waals surface area contributed by atoms with E-state index in [0.717, 1.165) is 91.0 Å². The van der Waals surface area contributed by atoms with E-state index in [1.54, 1.807) is 0 Å². The highest BCUT2D eigenvalue weighted by molar-refractivity contribution is 5.78. The molecule has 4 rings (SSSR count). The summed E-state index contributed by atoms with van der Waals surface area (Å²) in [6.45, 7) is 7.87. The number of amides is 2. The van der Waals surface area contributed by atoms with E-state index in [0.29, 0.717) is 30.7 Å². The van der Waals surface area contributed by atoms with E-state index in [-0.39, 0.29) is 5.41 Å². The third-order valence-corrected chi connectivity index (χ3v) is 7.38. The summed E-state index contributed by atoms with van der Waals surface area (Å²) in [6, 6.07) is 0. The fourth-order valence-corrected chi connectivity index (χ4v) is 5.78. The van der Waals surface area contributed by atoms with Gasteiger partial charge < -0.3 is 14.5 Å². The number of carbonyl (C=O) groups is 2. The fraction of sp³-hybridized carbons (Fsp3) is 0.909. The van der Waals surface area contributed by atoms with Gasteiger partial charge in [0.1, 0.15) is 0 Å². The van der Waals surface area contributed by atoms with E-state index in [4.69, 9.17) is 4.74 Å². The second-order valence-corrected chi connectivity index (χ2v) is 9.58. The summed E-state index contributed by atoms with van der Waals surface area (Å²) in [4.78, 5) is 32.1. The van der Waals surface area contributed by atoms with Crippen LogP contribution >= 0.6 is 0 Å². The molecule has 0 saturated carbocycles. The SMILES string of the molecule is O=C(CN1CCCC2(CCCN(C(=O)CC3CCOCC3)C2)C1)N1CCCC1. The van der Waals surface area contributed by atoms with Crippen LogP contribution in [0.25, 0.3) is 0 Å². The molecule has 28 heavy (non-hydrogen) atoms. The lowest BCUT2D eigenvalue weighted by molar-refractivity contribution is -0.139. The molecule has 0 N–H and O–H groups in total. The van der Waals surface area contributed by atoms with Crippen molar-refractivity contribution in [2.24, 2.45) is 11.3 Å². The minimum Gasteiger partial charge on any atom is -0.381 e. The van der Waals surface area contributed by atoms with Crippen LogP contribution in [0.4, 0.5) is 0 Å². The number of likely N-dealkylation sites (tertiary alicyclic amines) is 3. The topological polar surface area (TPSA) is 53.1 Å². The molecule has 1 atom stereocenters. The molecular weight excluding hydrogens is 354 g/mol. The Morgan fingerprint density at radius 2 is 1.50 bits per heavy atom. The van der Waals surface area contributed by atoms with Gasteiger partial charge in [0.2, 0.25) is 11.8 Å². The van der Waals surface area contributed by atoms with Crippen molar-refractivity contribution in [2.45, 2.75) is 57.8 Å². The van der Waals surface area contributed by atoms with E-state index in [1.807, 2.05) is 4.90 Å². The normalized spacial score (nSPS) is 30.1. The Morgan fingerprint density at radius 1 is 0.821 bits per heavy atom. The Morgan fingerprint density at radius 3 is 2.25 bits per heavy atom. The maximum Gasteiger partial charge on any atom is 0.236 e. The zero-order chi connectivity index (χ0) is 19.4. The number of piperidine rings is 2. The van der Waals surface area contributed by atoms with Crippen molar-refractivity contribution < 1.29 is 14.3 Å². The van der Waals surface area contributed by atoms with Crippen molar-refractivity contribution in [3.63, 3.8) is 0 Å². The Labute approximate surface area is 169 Å². The van der Waals surface area contributed by atoms with Crippen LogP contribution in [0.5, 0.6) is 0 Å². The third-order valence-electron chi connectivity index (χ3n) is 7.38. The molecule has 0 aromatic carbocycles. The first-order valence-electron chi connectivity index (χ1n) is 11.5. The molecule has 4 aliphatic rings. The van der Waals surface area contributed by atoms with Gasteiger partial charge in [0, 0.05) is 57.8 Å². The second-order valence-electron chi connectivity index (χ2n) is 9.58. The maximum absolute atomic E-state index is 12.9. The highest BCUT2D eigenvalue weighted by atomic mass is 16.5. The Hall–Kier alpha value is -1.14. The average Bonchev–Trinajstić information content (AvgIpc) is 3.24. The van der Waals surface area contributed by atoms with Gasteiger partial charge in [-0.2, -0.15) is 0 Å². The first-order valence-corrected chi connectivity index (χ1v) is 11.5. The van der Waals surface area contributed by atoms with E-state index in [1.165, 1.54) is 12.8 Å². The van der Waals surface area contributed by atoms with Crippen LogP contribution in [0, 0.1) is 11.3 Å². The van der Waals surface area contributed by atoms with Crippen molar-refractivity contribution >= 4 is 11.8 Å². The fourth-order valence-electron chi connectivity index (χ4n) is 5.78. The molecule has 1 spiro atoms. The standard InChI is InChI=1S/C22H37N3O3/c26-20(15-19-5-13-28-14-6-19)25-12-4-8-22(18-25)7-3-9-23(17-22)16-21(27)24-10-1-2-11-24/h19H,1-18H2. The van der Waals surface area contributed by atoms with Crippen LogP contribution < -0.4 is 0 Å². The largest absolute Gasteiger partial charge is 0.381 e. The molecule has 158 valence electrons. The molecule has 0 bridgehead atoms. The predicted octanol–water partition coefficient (Wildman–Crippen LogP) is 2.13. The van der Waals surface area contributed by atoms with Crippen molar-refractivity contribution in [3.8, 4) is 0 Å². The molecule has 4 heterocycles. The van der Waals surface area contributed by atoms with E-state index < -0.39 is 0 Å². The molecule has 6 heteroatoms. The quantitative estimate of drug-likeness (QED) is 0.737. The van der Waals surface area contributed by atoms with Crippen molar-refractivity contribution in [1.29, 1.82) is 0 Å². The van der Waals surface area contributed by atoms with Crippen molar-refractivity contribution in [1.82, 2.24) is 14.7 Å². The zero-order valence-corrected chi connectivity index (χ0v) is 17.4. The van der Waals surface area contributed by atoms with Crippen LogP contribution in [0.2, 0.25) is 0 Å². The molecule has 0 aliphatic carbocycles. The Balaban J connectivity index is 1.31. The van der Waals surface area contributed by atoms with Gasteiger partial charge in [0.15, 0.2) is 0 Å². The van der Waals surface area contributed by atoms with Crippen LogP contribution in [-0.4, -0.2) is 85.5 Å². The van der Waals surface area contributed by atoms with Gasteiger partial charge in [-0.3, -0.25) is 14.5 Å². The van der Waals surface area contributed by atoms with Crippen molar-refractivity contribution in [2.75, 3.05) is 59.0 Å². The van der Waals surface area contributed by atoms with Crippen LogP contribution in [0.1, 0.15) is 57.8 Å². The third kappa shape index (κ3) is 4.88. The molecule has 6 nitrogen and oxygen atoms in total. The zero-order valence-electron chi connectivity index (χ0n) is 17.4. The lowest BCUT2D eigenvalue weighted by Crippen LogP contribution is -2.55. The number of rotatable bonds is 4. The molecule has 4 aliphatic heterocycles. The number of ether oxygens (including phenoxy) is 1. The summed E-state index contributed by atoms with van der Waals surface area (Å²) < 4.78 is 5.44. The maximum atomic E-state index is 12.9. The monoisotopic (exact) mass is 391 g/mol. The first-order chi connectivity index (χ1) is 13.6.